The van der Waals surface area contributed by atoms with E-state index in [0.29, 0.717) is 0 Å². The molecule has 0 N–H and O–H groups in total. The maximum absolute atomic E-state index is 6.54. The van der Waals surface area contributed by atoms with Crippen LogP contribution in [0.2, 0.25) is 0 Å². The summed E-state index contributed by atoms with van der Waals surface area (Å²) in [5.74, 6) is 0.747. The van der Waals surface area contributed by atoms with Crippen LogP contribution in [0.25, 0.3) is 11.1 Å². The molecule has 0 aliphatic heterocycles. The molecule has 1 aromatic heterocycles. The first-order valence-electron chi connectivity index (χ1n) is 6.82. The predicted molar refractivity (Wildman–Crippen MR) is 98.5 cm³/mol. The summed E-state index contributed by atoms with van der Waals surface area (Å²) >= 11 is 8.39. The number of benzene rings is 2. The van der Waals surface area contributed by atoms with Crippen molar-refractivity contribution < 1.29 is 3.07 Å². The van der Waals surface area contributed by atoms with Gasteiger partial charge in [-0.1, -0.05) is 54.6 Å². The molecular weight excluding hydrogens is 409 g/mol. The van der Waals surface area contributed by atoms with Crippen molar-refractivity contribution in [3.05, 3.63) is 84.2 Å². The van der Waals surface area contributed by atoms with E-state index in [0.717, 1.165) is 17.0 Å². The molecule has 1 unspecified atom stereocenters. The number of rotatable bonds is 4. The van der Waals surface area contributed by atoms with Crippen molar-refractivity contribution in [1.29, 1.82) is 0 Å². The summed E-state index contributed by atoms with van der Waals surface area (Å²) in [6, 6.07) is 22.2. The molecule has 22 heavy (non-hydrogen) atoms. The fraction of sp³-hybridized carbons (Fsp3) is 0.0556. The lowest BCUT2D eigenvalue weighted by molar-refractivity contribution is 0.711. The van der Waals surface area contributed by atoms with Crippen LogP contribution >= 0.6 is 34.6 Å². The quantitative estimate of drug-likeness (QED) is 0.392. The van der Waals surface area contributed by atoms with Gasteiger partial charge in [0.1, 0.15) is 11.1 Å². The zero-order valence-electron chi connectivity index (χ0n) is 11.6. The van der Waals surface area contributed by atoms with Gasteiger partial charge in [-0.25, -0.2) is 0 Å². The zero-order valence-corrected chi connectivity index (χ0v) is 14.5. The van der Waals surface area contributed by atoms with Gasteiger partial charge in [0.25, 0.3) is 0 Å². The highest BCUT2D eigenvalue weighted by Gasteiger charge is 2.13. The average Bonchev–Trinajstić information content (AvgIpc) is 2.62. The first kappa shape index (κ1) is 15.3. The Hall–Kier alpha value is -1.59. The molecule has 0 aliphatic carbocycles. The van der Waals surface area contributed by atoms with Crippen LogP contribution in [0.3, 0.4) is 0 Å². The molecule has 110 valence electrons. The van der Waals surface area contributed by atoms with E-state index in [1.165, 1.54) is 11.1 Å². The molecule has 4 heteroatoms. The Bertz CT molecular complexity index is 747. The molecule has 0 fully saturated rings. The van der Waals surface area contributed by atoms with Crippen LogP contribution in [0.15, 0.2) is 72.9 Å². The Kier molecular flexibility index (Phi) is 4.95. The van der Waals surface area contributed by atoms with Crippen molar-refractivity contribution in [2.75, 3.05) is 0 Å². The number of aromatic nitrogens is 1. The summed E-state index contributed by atoms with van der Waals surface area (Å²) in [5, 5.41) is -0.295. The molecule has 0 spiro atoms. The summed E-state index contributed by atoms with van der Waals surface area (Å²) < 4.78 is 5.19. The third kappa shape index (κ3) is 3.42. The number of halogens is 2. The van der Waals surface area contributed by atoms with Crippen molar-refractivity contribution >= 4 is 34.6 Å². The molecule has 0 amide bonds. The van der Waals surface area contributed by atoms with Gasteiger partial charge in [-0.3, -0.25) is 4.98 Å². The van der Waals surface area contributed by atoms with Gasteiger partial charge in [0.05, 0.1) is 5.69 Å². The molecule has 1 atom stereocenters. The van der Waals surface area contributed by atoms with Crippen molar-refractivity contribution in [3.63, 3.8) is 0 Å². The highest BCUT2D eigenvalue weighted by atomic mass is 127. The summed E-state index contributed by atoms with van der Waals surface area (Å²) in [4.78, 5) is 4.33. The number of alkyl halides is 1. The molecule has 2 nitrogen and oxygen atoms in total. The Balaban J connectivity index is 1.86. The molecule has 0 bridgehead atoms. The summed E-state index contributed by atoms with van der Waals surface area (Å²) in [6.45, 7) is 0. The molecule has 0 aliphatic rings. The van der Waals surface area contributed by atoms with E-state index >= 15 is 0 Å². The van der Waals surface area contributed by atoms with Gasteiger partial charge in [0.15, 0.2) is 23.0 Å². The van der Waals surface area contributed by atoms with Gasteiger partial charge in [-0.05, 0) is 22.8 Å². The Morgan fingerprint density at radius 2 is 1.59 bits per heavy atom. The highest BCUT2D eigenvalue weighted by Crippen LogP contribution is 2.31. The topological polar surface area (TPSA) is 22.1 Å². The third-order valence-corrected chi connectivity index (χ3v) is 4.40. The number of hydrogen-bond donors (Lipinski definition) is 0. The lowest BCUT2D eigenvalue weighted by atomic mass is 10.0. The lowest BCUT2D eigenvalue weighted by Gasteiger charge is -2.11. The Morgan fingerprint density at radius 3 is 2.27 bits per heavy atom. The monoisotopic (exact) mass is 421 g/mol. The molecular formula is C18H13ClINO. The number of hydrogen-bond acceptors (Lipinski definition) is 2. The minimum Gasteiger partial charge on any atom is -0.428 e. The van der Waals surface area contributed by atoms with E-state index in [1.54, 1.807) is 12.3 Å². The molecule has 3 rings (SSSR count). The maximum Gasteiger partial charge on any atom is 0.192 e. The lowest BCUT2D eigenvalue weighted by Crippen LogP contribution is -1.96. The standard InChI is InChI=1S/C18H13ClINO/c19-18(17-12-16(22-20)10-11-21-17)15-8-6-14(7-9-15)13-4-2-1-3-5-13/h1-12,18H. The van der Waals surface area contributed by atoms with Crippen LogP contribution in [0.5, 0.6) is 5.75 Å². The Labute approximate surface area is 148 Å². The number of pyridine rings is 1. The fourth-order valence-corrected chi connectivity index (χ4v) is 2.80. The molecule has 2 aromatic carbocycles. The van der Waals surface area contributed by atoms with Gasteiger partial charge < -0.3 is 3.07 Å². The van der Waals surface area contributed by atoms with Gasteiger partial charge in [0, 0.05) is 12.3 Å². The van der Waals surface area contributed by atoms with Crippen molar-refractivity contribution in [1.82, 2.24) is 4.98 Å². The maximum atomic E-state index is 6.54. The van der Waals surface area contributed by atoms with Crippen LogP contribution in [0.4, 0.5) is 0 Å². The zero-order chi connectivity index (χ0) is 15.4. The predicted octanol–water partition coefficient (Wildman–Crippen LogP) is 5.81. The van der Waals surface area contributed by atoms with E-state index in [9.17, 15) is 0 Å². The summed E-state index contributed by atoms with van der Waals surface area (Å²) in [7, 11) is 0. The van der Waals surface area contributed by atoms with Crippen molar-refractivity contribution in [2.24, 2.45) is 0 Å². The molecule has 0 saturated heterocycles. The molecule has 1 heterocycles. The Morgan fingerprint density at radius 1 is 0.909 bits per heavy atom. The average molecular weight is 422 g/mol. The molecule has 0 saturated carbocycles. The van der Waals surface area contributed by atoms with Crippen molar-refractivity contribution in [3.8, 4) is 16.9 Å². The fourth-order valence-electron chi connectivity index (χ4n) is 2.26. The first-order chi connectivity index (χ1) is 10.8. The van der Waals surface area contributed by atoms with Crippen LogP contribution in [0, 0.1) is 0 Å². The smallest absolute Gasteiger partial charge is 0.192 e. The van der Waals surface area contributed by atoms with E-state index in [1.807, 2.05) is 59.4 Å². The van der Waals surface area contributed by atoms with Crippen LogP contribution in [0.1, 0.15) is 16.6 Å². The van der Waals surface area contributed by atoms with Gasteiger partial charge in [-0.15, -0.1) is 11.6 Å². The largest absolute Gasteiger partial charge is 0.428 e. The second-order valence-corrected chi connectivity index (χ2v) is 5.72. The minimum absolute atomic E-state index is 0.295. The van der Waals surface area contributed by atoms with E-state index < -0.39 is 0 Å². The second kappa shape index (κ2) is 7.11. The van der Waals surface area contributed by atoms with Gasteiger partial charge >= 0.3 is 0 Å². The summed E-state index contributed by atoms with van der Waals surface area (Å²) in [5.41, 5.74) is 4.16. The summed E-state index contributed by atoms with van der Waals surface area (Å²) in [6.07, 6.45) is 1.71. The van der Waals surface area contributed by atoms with Crippen LogP contribution in [-0.4, -0.2) is 4.98 Å². The normalized spacial score (nSPS) is 11.9. The SMILES string of the molecule is ClC(c1ccc(-c2ccccc2)cc1)c1cc(OI)ccn1. The van der Waals surface area contributed by atoms with Crippen LogP contribution < -0.4 is 3.07 Å². The van der Waals surface area contributed by atoms with E-state index in [-0.39, 0.29) is 5.38 Å². The van der Waals surface area contributed by atoms with Gasteiger partial charge in [0.2, 0.25) is 0 Å². The highest BCUT2D eigenvalue weighted by molar-refractivity contribution is 14.1. The van der Waals surface area contributed by atoms with E-state index in [4.69, 9.17) is 14.7 Å². The molecule has 3 aromatic rings. The van der Waals surface area contributed by atoms with Gasteiger partial charge in [-0.2, -0.15) is 0 Å². The first-order valence-corrected chi connectivity index (χ1v) is 8.13. The van der Waals surface area contributed by atoms with E-state index in [2.05, 4.69) is 29.2 Å². The third-order valence-electron chi connectivity index (χ3n) is 3.41. The minimum atomic E-state index is -0.295. The van der Waals surface area contributed by atoms with Crippen LogP contribution in [-0.2, 0) is 0 Å². The second-order valence-electron chi connectivity index (χ2n) is 4.84. The van der Waals surface area contributed by atoms with Crippen molar-refractivity contribution in [2.45, 2.75) is 5.38 Å². The number of nitrogens with zero attached hydrogens (tertiary/aromatic N) is 1. The molecule has 0 radical (unpaired) electrons.